The van der Waals surface area contributed by atoms with Crippen molar-refractivity contribution in [1.82, 2.24) is 0 Å². The molecule has 18 heavy (non-hydrogen) atoms. The van der Waals surface area contributed by atoms with Gasteiger partial charge in [0.05, 0.1) is 0 Å². The molecule has 3 nitrogen and oxygen atoms in total. The third-order valence-electron chi connectivity index (χ3n) is 2.70. The molecule has 1 aromatic rings. The molecule has 0 spiro atoms. The van der Waals surface area contributed by atoms with Crippen molar-refractivity contribution in [2.24, 2.45) is 5.73 Å². The highest BCUT2D eigenvalue weighted by atomic mass is 32.2. The maximum Gasteiger partial charge on any atom is 0.321 e. The number of hydrogen-bond acceptors (Lipinski definition) is 3. The number of carbonyl (C=O) groups is 1. The minimum atomic E-state index is -0.939. The third-order valence-corrected chi connectivity index (χ3v) is 3.84. The van der Waals surface area contributed by atoms with Gasteiger partial charge in [-0.15, -0.1) is 0 Å². The third kappa shape index (κ3) is 4.70. The Bertz CT molecular complexity index is 395. The van der Waals surface area contributed by atoms with Crippen molar-refractivity contribution in [2.75, 3.05) is 5.75 Å². The van der Waals surface area contributed by atoms with E-state index >= 15 is 0 Å². The normalized spacial score (nSPS) is 13.3. The first kappa shape index (κ1) is 15.1. The Balaban J connectivity index is 2.47. The lowest BCUT2D eigenvalue weighted by Gasteiger charge is -2.19. The minimum Gasteiger partial charge on any atom is -0.480 e. The van der Waals surface area contributed by atoms with Gasteiger partial charge in [-0.3, -0.25) is 4.79 Å². The first-order valence-corrected chi connectivity index (χ1v) is 7.11. The summed E-state index contributed by atoms with van der Waals surface area (Å²) in [5, 5.41) is 8.67. The van der Waals surface area contributed by atoms with Crippen LogP contribution in [0.2, 0.25) is 0 Å². The summed E-state index contributed by atoms with van der Waals surface area (Å²) in [5.74, 6) is 0.299. The van der Waals surface area contributed by atoms with Crippen LogP contribution in [0.3, 0.4) is 0 Å². The van der Waals surface area contributed by atoms with Crippen LogP contribution < -0.4 is 5.73 Å². The molecule has 0 saturated carbocycles. The summed E-state index contributed by atoms with van der Waals surface area (Å²) in [6.07, 6.45) is 0. The smallest absolute Gasteiger partial charge is 0.321 e. The van der Waals surface area contributed by atoms with Gasteiger partial charge < -0.3 is 10.8 Å². The standard InChI is InChI=1S/C14H21NO2S/c1-14(2,3)11-6-4-10(5-7-11)8-18-9-12(15)13(16)17/h4-7,12H,8-9,15H2,1-3H3,(H,16,17)/t12-/m1/s1. The lowest BCUT2D eigenvalue weighted by molar-refractivity contribution is -0.137. The van der Waals surface area contributed by atoms with Gasteiger partial charge in [-0.2, -0.15) is 11.8 Å². The molecule has 4 heteroatoms. The van der Waals surface area contributed by atoms with E-state index in [1.807, 2.05) is 0 Å². The summed E-state index contributed by atoms with van der Waals surface area (Å²) in [6, 6.07) is 7.68. The largest absolute Gasteiger partial charge is 0.480 e. The topological polar surface area (TPSA) is 63.3 Å². The van der Waals surface area contributed by atoms with Crippen LogP contribution in [0.1, 0.15) is 31.9 Å². The van der Waals surface area contributed by atoms with E-state index in [2.05, 4.69) is 45.0 Å². The molecule has 0 fully saturated rings. The van der Waals surface area contributed by atoms with Crippen LogP contribution in [0.15, 0.2) is 24.3 Å². The van der Waals surface area contributed by atoms with Crippen LogP contribution in [0.25, 0.3) is 0 Å². The molecule has 1 aromatic carbocycles. The van der Waals surface area contributed by atoms with Crippen molar-refractivity contribution in [3.8, 4) is 0 Å². The zero-order valence-electron chi connectivity index (χ0n) is 11.1. The fourth-order valence-electron chi connectivity index (χ4n) is 1.48. The highest BCUT2D eigenvalue weighted by Crippen LogP contribution is 2.23. The Labute approximate surface area is 113 Å². The zero-order chi connectivity index (χ0) is 13.8. The summed E-state index contributed by atoms with van der Waals surface area (Å²) in [4.78, 5) is 10.6. The van der Waals surface area contributed by atoms with E-state index in [1.54, 1.807) is 11.8 Å². The molecule has 0 heterocycles. The first-order valence-electron chi connectivity index (χ1n) is 5.96. The Morgan fingerprint density at radius 3 is 2.33 bits per heavy atom. The number of nitrogens with two attached hydrogens (primary N) is 1. The van der Waals surface area contributed by atoms with Gasteiger partial charge in [0, 0.05) is 11.5 Å². The zero-order valence-corrected chi connectivity index (χ0v) is 12.0. The van der Waals surface area contributed by atoms with Gasteiger partial charge in [0.25, 0.3) is 0 Å². The van der Waals surface area contributed by atoms with E-state index in [9.17, 15) is 4.79 Å². The van der Waals surface area contributed by atoms with Crippen LogP contribution in [0, 0.1) is 0 Å². The van der Waals surface area contributed by atoms with Crippen LogP contribution in [0.4, 0.5) is 0 Å². The maximum atomic E-state index is 10.6. The van der Waals surface area contributed by atoms with Gasteiger partial charge in [-0.1, -0.05) is 45.0 Å². The fraction of sp³-hybridized carbons (Fsp3) is 0.500. The highest BCUT2D eigenvalue weighted by Gasteiger charge is 2.13. The Kier molecular flexibility index (Phi) is 5.23. The molecule has 0 radical (unpaired) electrons. The van der Waals surface area contributed by atoms with E-state index in [4.69, 9.17) is 10.8 Å². The number of rotatable bonds is 5. The van der Waals surface area contributed by atoms with E-state index < -0.39 is 12.0 Å². The molecule has 0 aliphatic heterocycles. The molecule has 0 aliphatic rings. The summed E-state index contributed by atoms with van der Waals surface area (Å²) >= 11 is 1.55. The average Bonchev–Trinajstić information content (AvgIpc) is 2.28. The van der Waals surface area contributed by atoms with Crippen LogP contribution in [0.5, 0.6) is 0 Å². The fourth-order valence-corrected chi connectivity index (χ4v) is 2.42. The van der Waals surface area contributed by atoms with Gasteiger partial charge in [0.15, 0.2) is 0 Å². The Hall–Kier alpha value is -1.00. The summed E-state index contributed by atoms with van der Waals surface area (Å²) in [7, 11) is 0. The number of carboxylic acids is 1. The molecule has 3 N–H and O–H groups in total. The summed E-state index contributed by atoms with van der Waals surface area (Å²) < 4.78 is 0. The van der Waals surface area contributed by atoms with Gasteiger partial charge in [-0.25, -0.2) is 0 Å². The lowest BCUT2D eigenvalue weighted by atomic mass is 9.87. The summed E-state index contributed by atoms with van der Waals surface area (Å²) in [6.45, 7) is 6.55. The monoisotopic (exact) mass is 267 g/mol. The summed E-state index contributed by atoms with van der Waals surface area (Å²) in [5.41, 5.74) is 8.11. The molecule has 1 rings (SSSR count). The van der Waals surface area contributed by atoms with Gasteiger partial charge >= 0.3 is 5.97 Å². The predicted octanol–water partition coefficient (Wildman–Crippen LogP) is 2.63. The minimum absolute atomic E-state index is 0.164. The molecular formula is C14H21NO2S. The quantitative estimate of drug-likeness (QED) is 0.861. The SMILES string of the molecule is CC(C)(C)c1ccc(CSC[C@@H](N)C(=O)O)cc1. The molecule has 100 valence electrons. The van der Waals surface area contributed by atoms with Crippen LogP contribution in [-0.2, 0) is 16.0 Å². The average molecular weight is 267 g/mol. The maximum absolute atomic E-state index is 10.6. The van der Waals surface area contributed by atoms with Gasteiger partial charge in [-0.05, 0) is 16.5 Å². The molecular weight excluding hydrogens is 246 g/mol. The molecule has 0 aromatic heterocycles. The van der Waals surface area contributed by atoms with Gasteiger partial charge in [0.1, 0.15) is 6.04 Å². The lowest BCUT2D eigenvalue weighted by Crippen LogP contribution is -2.32. The predicted molar refractivity (Wildman–Crippen MR) is 76.9 cm³/mol. The number of aliphatic carboxylic acids is 1. The first-order chi connectivity index (χ1) is 8.30. The van der Waals surface area contributed by atoms with E-state index in [0.29, 0.717) is 5.75 Å². The van der Waals surface area contributed by atoms with Crippen molar-refractivity contribution < 1.29 is 9.90 Å². The Morgan fingerprint density at radius 2 is 1.89 bits per heavy atom. The molecule has 0 bridgehead atoms. The van der Waals surface area contributed by atoms with Crippen LogP contribution >= 0.6 is 11.8 Å². The second-order valence-electron chi connectivity index (χ2n) is 5.41. The van der Waals surface area contributed by atoms with Crippen molar-refractivity contribution in [3.63, 3.8) is 0 Å². The van der Waals surface area contributed by atoms with Crippen molar-refractivity contribution in [2.45, 2.75) is 38.0 Å². The van der Waals surface area contributed by atoms with Crippen LogP contribution in [-0.4, -0.2) is 22.9 Å². The molecule has 0 amide bonds. The molecule has 0 saturated heterocycles. The number of thioether (sulfide) groups is 1. The number of hydrogen-bond donors (Lipinski definition) is 2. The van der Waals surface area contributed by atoms with E-state index in [0.717, 1.165) is 5.75 Å². The van der Waals surface area contributed by atoms with Gasteiger partial charge in [0.2, 0.25) is 0 Å². The van der Waals surface area contributed by atoms with Crippen molar-refractivity contribution in [1.29, 1.82) is 0 Å². The second kappa shape index (κ2) is 6.25. The van der Waals surface area contributed by atoms with E-state index in [1.165, 1.54) is 11.1 Å². The number of benzene rings is 1. The second-order valence-corrected chi connectivity index (χ2v) is 6.44. The molecule has 1 atom stereocenters. The highest BCUT2D eigenvalue weighted by molar-refractivity contribution is 7.98. The molecule has 0 aliphatic carbocycles. The van der Waals surface area contributed by atoms with Crippen molar-refractivity contribution >= 4 is 17.7 Å². The number of carboxylic acid groups (broad SMARTS) is 1. The molecule has 0 unspecified atom stereocenters. The van der Waals surface area contributed by atoms with E-state index in [-0.39, 0.29) is 5.41 Å². The van der Waals surface area contributed by atoms with Crippen molar-refractivity contribution in [3.05, 3.63) is 35.4 Å². The Morgan fingerprint density at radius 1 is 1.33 bits per heavy atom.